The van der Waals surface area contributed by atoms with Crippen molar-refractivity contribution in [1.82, 2.24) is 14.9 Å². The van der Waals surface area contributed by atoms with E-state index in [9.17, 15) is 9.59 Å². The van der Waals surface area contributed by atoms with E-state index in [0.717, 1.165) is 18.4 Å². The van der Waals surface area contributed by atoms with Crippen molar-refractivity contribution in [3.05, 3.63) is 69.5 Å². The summed E-state index contributed by atoms with van der Waals surface area (Å²) < 4.78 is 7.38. The minimum atomic E-state index is -0.149. The van der Waals surface area contributed by atoms with E-state index < -0.39 is 0 Å². The Morgan fingerprint density at radius 1 is 1.29 bits per heavy atom. The van der Waals surface area contributed by atoms with Crippen LogP contribution >= 0.6 is 23.4 Å². The van der Waals surface area contributed by atoms with Crippen molar-refractivity contribution >= 4 is 40.2 Å². The molecule has 1 aromatic heterocycles. The maximum Gasteiger partial charge on any atom is 0.262 e. The summed E-state index contributed by atoms with van der Waals surface area (Å²) >= 11 is 7.21. The normalized spacial score (nSPS) is 17.0. The Morgan fingerprint density at radius 3 is 2.81 bits per heavy atom. The number of aromatic nitrogens is 2. The second kappa shape index (κ2) is 9.85. The largest absolute Gasteiger partial charge is 0.376 e. The van der Waals surface area contributed by atoms with Crippen LogP contribution in [0.15, 0.2) is 58.5 Å². The fraction of sp³-hybridized carbons (Fsp3) is 0.348. The SMILES string of the molecule is CC(NC(=O)CSc1nc2ccccc2c(=O)n1CC1CCCO1)c1ccc(Cl)cc1. The van der Waals surface area contributed by atoms with Crippen LogP contribution in [0.5, 0.6) is 0 Å². The van der Waals surface area contributed by atoms with Crippen molar-refractivity contribution < 1.29 is 9.53 Å². The average Bonchev–Trinajstić information content (AvgIpc) is 3.28. The number of carbonyl (C=O) groups is 1. The van der Waals surface area contributed by atoms with E-state index in [-0.39, 0.29) is 29.4 Å². The van der Waals surface area contributed by atoms with Gasteiger partial charge in [-0.3, -0.25) is 14.2 Å². The van der Waals surface area contributed by atoms with Crippen LogP contribution in [0.4, 0.5) is 0 Å². The van der Waals surface area contributed by atoms with Gasteiger partial charge in [0.1, 0.15) is 0 Å². The number of rotatable bonds is 7. The molecule has 1 saturated heterocycles. The molecule has 2 unspecified atom stereocenters. The maximum atomic E-state index is 13.1. The number of halogens is 1. The minimum absolute atomic E-state index is 0.00114. The average molecular weight is 458 g/mol. The molecule has 1 amide bonds. The highest BCUT2D eigenvalue weighted by Crippen LogP contribution is 2.22. The number of benzene rings is 2. The van der Waals surface area contributed by atoms with Gasteiger partial charge in [0, 0.05) is 11.6 Å². The van der Waals surface area contributed by atoms with Gasteiger partial charge in [-0.2, -0.15) is 0 Å². The van der Waals surface area contributed by atoms with E-state index >= 15 is 0 Å². The van der Waals surface area contributed by atoms with Crippen LogP contribution in [0.2, 0.25) is 5.02 Å². The van der Waals surface area contributed by atoms with Crippen LogP contribution in [-0.4, -0.2) is 33.9 Å². The number of thioether (sulfide) groups is 1. The third-order valence-corrected chi connectivity index (χ3v) is 6.55. The fourth-order valence-corrected chi connectivity index (χ4v) is 4.60. The predicted octanol–water partition coefficient (Wildman–Crippen LogP) is 4.20. The van der Waals surface area contributed by atoms with Gasteiger partial charge in [0.05, 0.1) is 35.3 Å². The number of fused-ring (bicyclic) bond motifs is 1. The second-order valence-electron chi connectivity index (χ2n) is 7.59. The molecule has 8 heteroatoms. The van der Waals surface area contributed by atoms with Crippen LogP contribution in [0.3, 0.4) is 0 Å². The lowest BCUT2D eigenvalue weighted by Crippen LogP contribution is -2.30. The molecule has 31 heavy (non-hydrogen) atoms. The van der Waals surface area contributed by atoms with Gasteiger partial charge in [-0.25, -0.2) is 4.98 Å². The molecular weight excluding hydrogens is 434 g/mol. The van der Waals surface area contributed by atoms with Crippen molar-refractivity contribution in [2.24, 2.45) is 0 Å². The summed E-state index contributed by atoms with van der Waals surface area (Å²) in [5.41, 5.74) is 1.51. The van der Waals surface area contributed by atoms with Crippen molar-refractivity contribution in [2.45, 2.75) is 43.6 Å². The Kier molecular flexibility index (Phi) is 6.95. The molecular formula is C23H24ClN3O3S. The summed E-state index contributed by atoms with van der Waals surface area (Å²) in [7, 11) is 0. The maximum absolute atomic E-state index is 13.1. The summed E-state index contributed by atoms with van der Waals surface area (Å²) in [4.78, 5) is 30.4. The van der Waals surface area contributed by atoms with Crippen LogP contribution in [-0.2, 0) is 16.1 Å². The summed E-state index contributed by atoms with van der Waals surface area (Å²) in [6, 6.07) is 14.5. The van der Waals surface area contributed by atoms with Crippen LogP contribution in [0, 0.1) is 0 Å². The highest BCUT2D eigenvalue weighted by molar-refractivity contribution is 7.99. The van der Waals surface area contributed by atoms with E-state index in [0.29, 0.717) is 34.2 Å². The molecule has 0 radical (unpaired) electrons. The van der Waals surface area contributed by atoms with Crippen molar-refractivity contribution in [1.29, 1.82) is 0 Å². The van der Waals surface area contributed by atoms with Gasteiger partial charge >= 0.3 is 0 Å². The fourth-order valence-electron chi connectivity index (χ4n) is 3.66. The molecule has 3 aromatic rings. The van der Waals surface area contributed by atoms with Gasteiger partial charge in [-0.1, -0.05) is 47.6 Å². The first kappa shape index (κ1) is 21.9. The first-order valence-corrected chi connectivity index (χ1v) is 11.7. The zero-order valence-electron chi connectivity index (χ0n) is 17.2. The lowest BCUT2D eigenvalue weighted by Gasteiger charge is -2.17. The number of hydrogen-bond acceptors (Lipinski definition) is 5. The van der Waals surface area contributed by atoms with Crippen molar-refractivity contribution in [3.63, 3.8) is 0 Å². The van der Waals surface area contributed by atoms with E-state index in [1.165, 1.54) is 11.8 Å². The molecule has 0 saturated carbocycles. The van der Waals surface area contributed by atoms with Gasteiger partial charge in [0.2, 0.25) is 5.91 Å². The van der Waals surface area contributed by atoms with Crippen molar-refractivity contribution in [2.75, 3.05) is 12.4 Å². The molecule has 2 heterocycles. The molecule has 0 spiro atoms. The van der Waals surface area contributed by atoms with E-state index in [1.807, 2.05) is 37.3 Å². The zero-order valence-corrected chi connectivity index (χ0v) is 18.8. The first-order chi connectivity index (χ1) is 15.0. The molecule has 162 valence electrons. The molecule has 2 atom stereocenters. The quantitative estimate of drug-likeness (QED) is 0.425. The van der Waals surface area contributed by atoms with E-state index in [2.05, 4.69) is 10.3 Å². The summed E-state index contributed by atoms with van der Waals surface area (Å²) in [6.45, 7) is 3.09. The number of hydrogen-bond donors (Lipinski definition) is 1. The molecule has 4 rings (SSSR count). The third kappa shape index (κ3) is 5.29. The van der Waals surface area contributed by atoms with Gasteiger partial charge in [0.25, 0.3) is 5.56 Å². The predicted molar refractivity (Wildman–Crippen MR) is 124 cm³/mol. The summed E-state index contributed by atoms with van der Waals surface area (Å²) in [5.74, 6) is 0.0346. The molecule has 0 bridgehead atoms. The molecule has 1 aliphatic heterocycles. The second-order valence-corrected chi connectivity index (χ2v) is 8.97. The highest BCUT2D eigenvalue weighted by Gasteiger charge is 2.21. The number of carbonyl (C=O) groups excluding carboxylic acids is 1. The number of ether oxygens (including phenoxy) is 1. The number of nitrogens with zero attached hydrogens (tertiary/aromatic N) is 2. The highest BCUT2D eigenvalue weighted by atomic mass is 35.5. The van der Waals surface area contributed by atoms with E-state index in [1.54, 1.807) is 22.8 Å². The Hall–Kier alpha value is -2.35. The van der Waals surface area contributed by atoms with Crippen molar-refractivity contribution in [3.8, 4) is 0 Å². The Morgan fingerprint density at radius 2 is 2.06 bits per heavy atom. The van der Waals surface area contributed by atoms with E-state index in [4.69, 9.17) is 16.3 Å². The summed E-state index contributed by atoms with van der Waals surface area (Å²) in [6.07, 6.45) is 1.91. The van der Waals surface area contributed by atoms with Crippen LogP contribution in [0.25, 0.3) is 10.9 Å². The number of nitrogens with one attached hydrogen (secondary N) is 1. The summed E-state index contributed by atoms with van der Waals surface area (Å²) in [5, 5.41) is 4.75. The molecule has 0 aliphatic carbocycles. The smallest absolute Gasteiger partial charge is 0.262 e. The van der Waals surface area contributed by atoms with Crippen LogP contribution < -0.4 is 10.9 Å². The first-order valence-electron chi connectivity index (χ1n) is 10.3. The molecule has 6 nitrogen and oxygen atoms in total. The molecule has 1 aliphatic rings. The topological polar surface area (TPSA) is 73.2 Å². The standard InChI is InChI=1S/C23H24ClN3O3S/c1-15(16-8-10-17(24)11-9-16)25-21(28)14-31-23-26-20-7-3-2-6-19(20)22(29)27(23)13-18-5-4-12-30-18/h2-3,6-11,15,18H,4-5,12-14H2,1H3,(H,25,28). The third-order valence-electron chi connectivity index (χ3n) is 5.32. The van der Waals surface area contributed by atoms with Gasteiger partial charge < -0.3 is 10.1 Å². The molecule has 1 N–H and O–H groups in total. The Labute approximate surface area is 190 Å². The molecule has 2 aromatic carbocycles. The zero-order chi connectivity index (χ0) is 21.8. The Balaban J connectivity index is 1.50. The lowest BCUT2D eigenvalue weighted by molar-refractivity contribution is -0.119. The minimum Gasteiger partial charge on any atom is -0.376 e. The van der Waals surface area contributed by atoms with Gasteiger partial charge in [-0.05, 0) is 49.6 Å². The van der Waals surface area contributed by atoms with Gasteiger partial charge in [0.15, 0.2) is 5.16 Å². The monoisotopic (exact) mass is 457 g/mol. The van der Waals surface area contributed by atoms with Gasteiger partial charge in [-0.15, -0.1) is 0 Å². The number of para-hydroxylation sites is 1. The Bertz CT molecular complexity index is 1130. The molecule has 1 fully saturated rings. The van der Waals surface area contributed by atoms with Crippen LogP contribution in [0.1, 0.15) is 31.4 Å². The number of amides is 1. The lowest BCUT2D eigenvalue weighted by atomic mass is 10.1.